The molecule has 0 bridgehead atoms. The molecule has 0 saturated carbocycles. The minimum Gasteiger partial charge on any atom is -0.480 e. The number of carboxylic acids is 1. The lowest BCUT2D eigenvalue weighted by Gasteiger charge is -2.21. The third-order valence-corrected chi connectivity index (χ3v) is 3.10. The van der Waals surface area contributed by atoms with Crippen molar-refractivity contribution in [2.24, 2.45) is 5.92 Å². The summed E-state index contributed by atoms with van der Waals surface area (Å²) in [5.41, 5.74) is -0.695. The summed E-state index contributed by atoms with van der Waals surface area (Å²) >= 11 is 0. The third-order valence-electron chi connectivity index (χ3n) is 3.10. The summed E-state index contributed by atoms with van der Waals surface area (Å²) in [5.74, 6) is -3.95. The number of nitrogens with zero attached hydrogens (tertiary/aromatic N) is 2. The van der Waals surface area contributed by atoms with Crippen LogP contribution in [-0.4, -0.2) is 40.0 Å². The molecule has 0 aliphatic rings. The van der Waals surface area contributed by atoms with Crippen molar-refractivity contribution in [3.05, 3.63) is 41.8 Å². The number of carbonyl (C=O) groups is 2. The maximum absolute atomic E-state index is 13.7. The Kier molecular flexibility index (Phi) is 5.28. The number of oxazole rings is 1. The van der Waals surface area contributed by atoms with Gasteiger partial charge in [-0.15, -0.1) is 0 Å². The average molecular weight is 338 g/mol. The molecule has 1 aromatic heterocycles. The molecule has 0 fully saturated rings. The van der Waals surface area contributed by atoms with Crippen LogP contribution in [0, 0.1) is 17.6 Å². The van der Waals surface area contributed by atoms with Crippen molar-refractivity contribution in [2.45, 2.75) is 13.8 Å². The zero-order valence-electron chi connectivity index (χ0n) is 13.1. The highest BCUT2D eigenvalue weighted by atomic mass is 19.1. The number of halogens is 2. The van der Waals surface area contributed by atoms with Crippen LogP contribution in [0.25, 0.3) is 11.5 Å². The number of aromatic nitrogens is 1. The van der Waals surface area contributed by atoms with Gasteiger partial charge >= 0.3 is 5.97 Å². The number of benzene rings is 1. The summed E-state index contributed by atoms with van der Waals surface area (Å²) < 4.78 is 32.5. The Morgan fingerprint density at radius 2 is 1.92 bits per heavy atom. The van der Waals surface area contributed by atoms with Gasteiger partial charge in [0.05, 0.1) is 0 Å². The Morgan fingerprint density at radius 1 is 1.29 bits per heavy atom. The Bertz CT molecular complexity index is 738. The molecular formula is C16H16F2N2O4. The monoisotopic (exact) mass is 338 g/mol. The van der Waals surface area contributed by atoms with E-state index >= 15 is 0 Å². The molecule has 1 heterocycles. The molecule has 1 amide bonds. The molecule has 1 aromatic carbocycles. The van der Waals surface area contributed by atoms with Crippen LogP contribution in [-0.2, 0) is 4.79 Å². The second-order valence-electron chi connectivity index (χ2n) is 5.61. The lowest BCUT2D eigenvalue weighted by Crippen LogP contribution is -2.38. The average Bonchev–Trinajstić information content (AvgIpc) is 2.94. The summed E-state index contributed by atoms with van der Waals surface area (Å²) in [6, 6.07) is 3.28. The molecular weight excluding hydrogens is 322 g/mol. The summed E-state index contributed by atoms with van der Waals surface area (Å²) in [6.07, 6.45) is 0.957. The highest BCUT2D eigenvalue weighted by Gasteiger charge is 2.24. The van der Waals surface area contributed by atoms with Crippen LogP contribution in [0.5, 0.6) is 0 Å². The van der Waals surface area contributed by atoms with Crippen molar-refractivity contribution < 1.29 is 27.9 Å². The smallest absolute Gasteiger partial charge is 0.323 e. The Labute approximate surface area is 136 Å². The number of hydrogen-bond donors (Lipinski definition) is 1. The van der Waals surface area contributed by atoms with Gasteiger partial charge in [0.2, 0.25) is 5.89 Å². The quantitative estimate of drug-likeness (QED) is 0.875. The minimum absolute atomic E-state index is 0.0312. The molecule has 8 heteroatoms. The van der Waals surface area contributed by atoms with E-state index in [-0.39, 0.29) is 24.0 Å². The second-order valence-corrected chi connectivity index (χ2v) is 5.61. The van der Waals surface area contributed by atoms with E-state index in [9.17, 15) is 18.4 Å². The number of aliphatic carboxylic acids is 1. The predicted molar refractivity (Wildman–Crippen MR) is 80.2 cm³/mol. The normalized spacial score (nSPS) is 10.9. The zero-order valence-corrected chi connectivity index (χ0v) is 13.1. The van der Waals surface area contributed by atoms with Gasteiger partial charge in [0.15, 0.2) is 5.69 Å². The first-order chi connectivity index (χ1) is 11.3. The Hall–Kier alpha value is -2.77. The Balaban J connectivity index is 2.31. The van der Waals surface area contributed by atoms with Crippen LogP contribution in [0.1, 0.15) is 24.3 Å². The largest absolute Gasteiger partial charge is 0.480 e. The molecule has 1 N–H and O–H groups in total. The van der Waals surface area contributed by atoms with E-state index in [1.165, 1.54) is 6.07 Å². The molecule has 6 nitrogen and oxygen atoms in total. The van der Waals surface area contributed by atoms with E-state index in [1.807, 2.05) is 13.8 Å². The van der Waals surface area contributed by atoms with Crippen molar-refractivity contribution in [1.29, 1.82) is 0 Å². The van der Waals surface area contributed by atoms with Crippen LogP contribution in [0.3, 0.4) is 0 Å². The molecule has 2 aromatic rings. The van der Waals surface area contributed by atoms with Crippen LogP contribution < -0.4 is 0 Å². The highest BCUT2D eigenvalue weighted by Crippen LogP contribution is 2.25. The van der Waals surface area contributed by atoms with Crippen molar-refractivity contribution in [3.63, 3.8) is 0 Å². The summed E-state index contributed by atoms with van der Waals surface area (Å²) in [5, 5.41) is 8.91. The molecule has 0 unspecified atom stereocenters. The SMILES string of the molecule is CC(C)CN(CC(=O)O)C(=O)c1coc(-c2c(F)cccc2F)n1. The van der Waals surface area contributed by atoms with Crippen LogP contribution in [0.15, 0.2) is 28.9 Å². The van der Waals surface area contributed by atoms with Crippen molar-refractivity contribution in [3.8, 4) is 11.5 Å². The Morgan fingerprint density at radius 3 is 2.46 bits per heavy atom. The van der Waals surface area contributed by atoms with E-state index in [1.54, 1.807) is 0 Å². The van der Waals surface area contributed by atoms with Crippen LogP contribution in [0.2, 0.25) is 0 Å². The molecule has 2 rings (SSSR count). The van der Waals surface area contributed by atoms with Gasteiger partial charge in [-0.3, -0.25) is 9.59 Å². The lowest BCUT2D eigenvalue weighted by atomic mass is 10.2. The lowest BCUT2D eigenvalue weighted by molar-refractivity contribution is -0.137. The molecule has 128 valence electrons. The maximum Gasteiger partial charge on any atom is 0.323 e. The molecule has 0 aliphatic heterocycles. The first-order valence-electron chi connectivity index (χ1n) is 7.20. The van der Waals surface area contributed by atoms with E-state index in [2.05, 4.69) is 4.98 Å². The number of amides is 1. The fraction of sp³-hybridized carbons (Fsp3) is 0.312. The van der Waals surface area contributed by atoms with Gasteiger partial charge in [0.1, 0.15) is 30.0 Å². The molecule has 0 spiro atoms. The number of rotatable bonds is 6. The van der Waals surface area contributed by atoms with Gasteiger partial charge in [-0.2, -0.15) is 0 Å². The van der Waals surface area contributed by atoms with Gasteiger partial charge in [0, 0.05) is 6.54 Å². The fourth-order valence-electron chi connectivity index (χ4n) is 2.17. The fourth-order valence-corrected chi connectivity index (χ4v) is 2.17. The van der Waals surface area contributed by atoms with E-state index in [0.29, 0.717) is 0 Å². The van der Waals surface area contributed by atoms with Gasteiger partial charge in [0.25, 0.3) is 5.91 Å². The van der Waals surface area contributed by atoms with Gasteiger partial charge < -0.3 is 14.4 Å². The zero-order chi connectivity index (χ0) is 17.9. The molecule has 24 heavy (non-hydrogen) atoms. The van der Waals surface area contributed by atoms with Gasteiger partial charge in [-0.1, -0.05) is 19.9 Å². The summed E-state index contributed by atoms with van der Waals surface area (Å²) in [7, 11) is 0. The predicted octanol–water partition coefficient (Wildman–Crippen LogP) is 2.80. The van der Waals surface area contributed by atoms with E-state index in [0.717, 1.165) is 23.3 Å². The van der Waals surface area contributed by atoms with E-state index in [4.69, 9.17) is 9.52 Å². The first-order valence-corrected chi connectivity index (χ1v) is 7.20. The standard InChI is InChI=1S/C16H16F2N2O4/c1-9(2)6-20(7-13(21)22)16(23)12-8-24-15(19-12)14-10(17)4-3-5-11(14)18/h3-5,8-9H,6-7H2,1-2H3,(H,21,22). The van der Waals surface area contributed by atoms with Gasteiger partial charge in [-0.25, -0.2) is 13.8 Å². The molecule has 0 aliphatic carbocycles. The van der Waals surface area contributed by atoms with Crippen molar-refractivity contribution in [2.75, 3.05) is 13.1 Å². The minimum atomic E-state index is -1.17. The highest BCUT2D eigenvalue weighted by molar-refractivity contribution is 5.94. The van der Waals surface area contributed by atoms with Gasteiger partial charge in [-0.05, 0) is 18.1 Å². The molecule has 0 radical (unpaired) electrons. The maximum atomic E-state index is 13.7. The van der Waals surface area contributed by atoms with E-state index < -0.39 is 35.6 Å². The first kappa shape index (κ1) is 17.6. The topological polar surface area (TPSA) is 83.6 Å². The van der Waals surface area contributed by atoms with Crippen LogP contribution >= 0.6 is 0 Å². The molecule has 0 atom stereocenters. The van der Waals surface area contributed by atoms with Crippen molar-refractivity contribution >= 4 is 11.9 Å². The molecule has 0 saturated heterocycles. The number of carbonyl (C=O) groups excluding carboxylic acids is 1. The summed E-state index contributed by atoms with van der Waals surface area (Å²) in [4.78, 5) is 28.2. The summed E-state index contributed by atoms with van der Waals surface area (Å²) in [6.45, 7) is 3.34. The number of carboxylic acid groups (broad SMARTS) is 1. The third kappa shape index (κ3) is 3.95. The number of hydrogen-bond acceptors (Lipinski definition) is 4. The second kappa shape index (κ2) is 7.20. The van der Waals surface area contributed by atoms with Crippen molar-refractivity contribution in [1.82, 2.24) is 9.88 Å². The van der Waals surface area contributed by atoms with Crippen LogP contribution in [0.4, 0.5) is 8.78 Å².